The quantitative estimate of drug-likeness (QED) is 0.267. The Morgan fingerprint density at radius 1 is 0.929 bits per heavy atom. The Balaban J connectivity index is 1.91. The second kappa shape index (κ2) is 10.5. The molecule has 2 aromatic carbocycles. The van der Waals surface area contributed by atoms with Crippen molar-refractivity contribution in [2.24, 2.45) is 0 Å². The van der Waals surface area contributed by atoms with Gasteiger partial charge in [-0.3, -0.25) is 9.59 Å². The summed E-state index contributed by atoms with van der Waals surface area (Å²) in [4.78, 5) is 36.4. The average Bonchev–Trinajstić information content (AvgIpc) is 2.68. The standard InChI is InChI=1S/C22H18O4S2/c1-4-21(24)27-18-12-8-17(9-13-18)26-20(23)14-7-16-5-10-19(11-6-16)28-22(25)15(2)3/h4-14H,1-2H2,3H3. The lowest BCUT2D eigenvalue weighted by atomic mass is 10.2. The molecule has 0 spiro atoms. The van der Waals surface area contributed by atoms with Gasteiger partial charge in [0, 0.05) is 15.9 Å². The summed E-state index contributed by atoms with van der Waals surface area (Å²) in [5.74, 6) is -0.131. The van der Waals surface area contributed by atoms with Crippen molar-refractivity contribution in [3.05, 3.63) is 85.0 Å². The Hall–Kier alpha value is -2.83. The highest BCUT2D eigenvalue weighted by molar-refractivity contribution is 8.14. The van der Waals surface area contributed by atoms with Crippen LogP contribution in [0.5, 0.6) is 5.75 Å². The van der Waals surface area contributed by atoms with Crippen LogP contribution >= 0.6 is 23.5 Å². The van der Waals surface area contributed by atoms with Crippen molar-refractivity contribution in [3.8, 4) is 5.75 Å². The SMILES string of the molecule is C=CC(=O)Sc1ccc(OC(=O)C=Cc2ccc(SC(=O)C(=C)C)cc2)cc1. The van der Waals surface area contributed by atoms with Crippen LogP contribution in [0.2, 0.25) is 0 Å². The lowest BCUT2D eigenvalue weighted by Crippen LogP contribution is -2.03. The zero-order valence-electron chi connectivity index (χ0n) is 15.2. The van der Waals surface area contributed by atoms with E-state index in [1.165, 1.54) is 12.2 Å². The molecule has 4 nitrogen and oxygen atoms in total. The smallest absolute Gasteiger partial charge is 0.336 e. The van der Waals surface area contributed by atoms with E-state index in [0.29, 0.717) is 11.3 Å². The lowest BCUT2D eigenvalue weighted by molar-refractivity contribution is -0.128. The Morgan fingerprint density at radius 2 is 1.50 bits per heavy atom. The molecule has 0 aliphatic heterocycles. The van der Waals surface area contributed by atoms with Crippen molar-refractivity contribution < 1.29 is 19.1 Å². The van der Waals surface area contributed by atoms with Crippen molar-refractivity contribution in [3.63, 3.8) is 0 Å². The molecule has 0 aliphatic rings. The molecule has 0 saturated carbocycles. The molecule has 0 aliphatic carbocycles. The minimum Gasteiger partial charge on any atom is -0.423 e. The molecule has 2 aromatic rings. The van der Waals surface area contributed by atoms with Crippen LogP contribution in [0.15, 0.2) is 89.2 Å². The topological polar surface area (TPSA) is 60.4 Å². The number of hydrogen-bond donors (Lipinski definition) is 0. The molecule has 0 radical (unpaired) electrons. The second-order valence-corrected chi connectivity index (χ2v) is 7.71. The molecule has 0 fully saturated rings. The number of esters is 1. The van der Waals surface area contributed by atoms with E-state index in [0.717, 1.165) is 38.9 Å². The first-order valence-electron chi connectivity index (χ1n) is 8.19. The van der Waals surface area contributed by atoms with Crippen LogP contribution in [0.25, 0.3) is 6.08 Å². The number of carbonyl (C=O) groups is 3. The second-order valence-electron chi connectivity index (χ2n) is 5.59. The molecule has 0 amide bonds. The van der Waals surface area contributed by atoms with E-state index in [4.69, 9.17) is 4.74 Å². The zero-order chi connectivity index (χ0) is 20.5. The van der Waals surface area contributed by atoms with Crippen molar-refractivity contribution in [1.82, 2.24) is 0 Å². The summed E-state index contributed by atoms with van der Waals surface area (Å²) in [5.41, 5.74) is 1.30. The number of carbonyl (C=O) groups excluding carboxylic acids is 3. The molecule has 2 rings (SSSR count). The summed E-state index contributed by atoms with van der Waals surface area (Å²) in [7, 11) is 0. The summed E-state index contributed by atoms with van der Waals surface area (Å²) < 4.78 is 5.23. The normalized spacial score (nSPS) is 10.5. The molecule has 0 saturated heterocycles. The number of ether oxygens (including phenoxy) is 1. The number of hydrogen-bond acceptors (Lipinski definition) is 6. The summed E-state index contributed by atoms with van der Waals surface area (Å²) in [6.07, 6.45) is 4.20. The van der Waals surface area contributed by atoms with Crippen molar-refractivity contribution in [1.29, 1.82) is 0 Å². The maximum Gasteiger partial charge on any atom is 0.336 e. The first kappa shape index (κ1) is 21.5. The van der Waals surface area contributed by atoms with E-state index in [9.17, 15) is 14.4 Å². The van der Waals surface area contributed by atoms with E-state index in [1.807, 2.05) is 0 Å². The van der Waals surface area contributed by atoms with Gasteiger partial charge in [0.25, 0.3) is 0 Å². The Labute approximate surface area is 172 Å². The largest absolute Gasteiger partial charge is 0.423 e. The fourth-order valence-electron chi connectivity index (χ4n) is 1.89. The summed E-state index contributed by atoms with van der Waals surface area (Å²) in [6, 6.07) is 13.8. The van der Waals surface area contributed by atoms with E-state index in [1.54, 1.807) is 61.5 Å². The van der Waals surface area contributed by atoms with Gasteiger partial charge in [0.2, 0.25) is 10.2 Å². The molecule has 0 unspecified atom stereocenters. The highest BCUT2D eigenvalue weighted by Crippen LogP contribution is 2.23. The van der Waals surface area contributed by atoms with Crippen molar-refractivity contribution >= 4 is 45.8 Å². The maximum absolute atomic E-state index is 11.9. The minimum atomic E-state index is -0.515. The summed E-state index contributed by atoms with van der Waals surface area (Å²) in [6.45, 7) is 8.71. The van der Waals surface area contributed by atoms with E-state index < -0.39 is 5.97 Å². The number of rotatable bonds is 7. The highest BCUT2D eigenvalue weighted by atomic mass is 32.2. The van der Waals surface area contributed by atoms with Gasteiger partial charge in [0.1, 0.15) is 5.75 Å². The van der Waals surface area contributed by atoms with Crippen LogP contribution in [0.4, 0.5) is 0 Å². The zero-order valence-corrected chi connectivity index (χ0v) is 16.8. The van der Waals surface area contributed by atoms with Gasteiger partial charge in [0.05, 0.1) is 0 Å². The molecule has 0 N–H and O–H groups in total. The molecule has 28 heavy (non-hydrogen) atoms. The predicted molar refractivity (Wildman–Crippen MR) is 114 cm³/mol. The van der Waals surface area contributed by atoms with Crippen LogP contribution in [0.3, 0.4) is 0 Å². The average molecular weight is 411 g/mol. The fourth-order valence-corrected chi connectivity index (χ4v) is 3.14. The first-order valence-corrected chi connectivity index (χ1v) is 9.82. The monoisotopic (exact) mass is 410 g/mol. The molecule has 0 bridgehead atoms. The maximum atomic E-state index is 11.9. The fraction of sp³-hybridized carbons (Fsp3) is 0.0455. The van der Waals surface area contributed by atoms with Crippen LogP contribution in [0, 0.1) is 0 Å². The van der Waals surface area contributed by atoms with Gasteiger partial charge in [-0.15, -0.1) is 0 Å². The van der Waals surface area contributed by atoms with Crippen molar-refractivity contribution in [2.75, 3.05) is 0 Å². The molecule has 0 heterocycles. The van der Waals surface area contributed by atoms with Gasteiger partial charge in [-0.25, -0.2) is 4.79 Å². The van der Waals surface area contributed by atoms with Crippen LogP contribution in [-0.4, -0.2) is 16.2 Å². The third-order valence-electron chi connectivity index (χ3n) is 3.28. The minimum absolute atomic E-state index is 0.0786. The van der Waals surface area contributed by atoms with Crippen LogP contribution in [-0.2, 0) is 14.4 Å². The summed E-state index contributed by atoms with van der Waals surface area (Å²) >= 11 is 2.16. The van der Waals surface area contributed by atoms with Gasteiger partial charge in [-0.05, 0) is 90.1 Å². The number of thioether (sulfide) groups is 2. The molecule has 6 heteroatoms. The Morgan fingerprint density at radius 3 is 2.07 bits per heavy atom. The number of benzene rings is 2. The Kier molecular flexibility index (Phi) is 8.04. The van der Waals surface area contributed by atoms with Crippen molar-refractivity contribution in [2.45, 2.75) is 16.7 Å². The third kappa shape index (κ3) is 7.06. The predicted octanol–water partition coefficient (Wildman–Crippen LogP) is 5.30. The lowest BCUT2D eigenvalue weighted by Gasteiger charge is -2.03. The van der Waals surface area contributed by atoms with Gasteiger partial charge < -0.3 is 4.74 Å². The van der Waals surface area contributed by atoms with Gasteiger partial charge >= 0.3 is 5.97 Å². The highest BCUT2D eigenvalue weighted by Gasteiger charge is 2.06. The van der Waals surface area contributed by atoms with Crippen LogP contribution in [0.1, 0.15) is 12.5 Å². The van der Waals surface area contributed by atoms with Gasteiger partial charge in [-0.1, -0.05) is 25.3 Å². The molecule has 0 atom stereocenters. The van der Waals surface area contributed by atoms with E-state index in [-0.39, 0.29) is 10.2 Å². The molecule has 142 valence electrons. The van der Waals surface area contributed by atoms with Crippen LogP contribution < -0.4 is 4.74 Å². The molecule has 0 aromatic heterocycles. The van der Waals surface area contributed by atoms with E-state index >= 15 is 0 Å². The summed E-state index contributed by atoms with van der Waals surface area (Å²) in [5, 5.41) is -0.230. The Bertz CT molecular complexity index is 926. The molecular formula is C22H18O4S2. The van der Waals surface area contributed by atoms with Gasteiger partial charge in [0.15, 0.2) is 0 Å². The first-order chi connectivity index (χ1) is 13.4. The molecular weight excluding hydrogens is 392 g/mol. The third-order valence-corrected chi connectivity index (χ3v) is 5.20. The van der Waals surface area contributed by atoms with E-state index in [2.05, 4.69) is 13.2 Å². The van der Waals surface area contributed by atoms with Gasteiger partial charge in [-0.2, -0.15) is 0 Å².